The Bertz CT molecular complexity index is 761. The molecule has 0 bridgehead atoms. The van der Waals surface area contributed by atoms with Crippen LogP contribution in [0.25, 0.3) is 10.9 Å². The van der Waals surface area contributed by atoms with E-state index >= 15 is 0 Å². The fourth-order valence-corrected chi connectivity index (χ4v) is 2.43. The van der Waals surface area contributed by atoms with Crippen molar-refractivity contribution in [2.24, 2.45) is 0 Å². The number of aryl methyl sites for hydroxylation is 2. The lowest BCUT2D eigenvalue weighted by molar-refractivity contribution is 0.629. The predicted molar refractivity (Wildman–Crippen MR) is 80.9 cm³/mol. The number of hydrogen-bond donors (Lipinski definition) is 1. The highest BCUT2D eigenvalue weighted by atomic mass is 19.1. The molecular formula is C17H15FN2. The number of hydrogen-bond acceptors (Lipinski definition) is 2. The molecule has 0 unspecified atom stereocenters. The van der Waals surface area contributed by atoms with Crippen LogP contribution in [0.4, 0.5) is 15.8 Å². The zero-order chi connectivity index (χ0) is 14.1. The topological polar surface area (TPSA) is 24.9 Å². The van der Waals surface area contributed by atoms with Gasteiger partial charge in [-0.15, -0.1) is 0 Å². The molecule has 0 saturated heterocycles. The monoisotopic (exact) mass is 266 g/mol. The van der Waals surface area contributed by atoms with E-state index in [0.717, 1.165) is 22.3 Å². The van der Waals surface area contributed by atoms with E-state index < -0.39 is 0 Å². The first-order valence-electron chi connectivity index (χ1n) is 6.51. The van der Waals surface area contributed by atoms with E-state index in [-0.39, 0.29) is 5.82 Å². The molecule has 3 aromatic rings. The Balaban J connectivity index is 2.08. The van der Waals surface area contributed by atoms with Gasteiger partial charge in [0.2, 0.25) is 0 Å². The number of anilines is 2. The Labute approximate surface area is 117 Å². The second-order valence-corrected chi connectivity index (χ2v) is 5.02. The van der Waals surface area contributed by atoms with Gasteiger partial charge >= 0.3 is 0 Å². The van der Waals surface area contributed by atoms with Crippen LogP contribution in [-0.4, -0.2) is 4.98 Å². The third-order valence-corrected chi connectivity index (χ3v) is 3.20. The van der Waals surface area contributed by atoms with Crippen molar-refractivity contribution in [1.82, 2.24) is 4.98 Å². The minimum Gasteiger partial charge on any atom is -0.355 e. The number of nitrogens with zero attached hydrogens (tertiary/aromatic N) is 1. The van der Waals surface area contributed by atoms with Crippen molar-refractivity contribution >= 4 is 22.3 Å². The molecule has 0 aliphatic heterocycles. The Kier molecular flexibility index (Phi) is 3.11. The van der Waals surface area contributed by atoms with Gasteiger partial charge in [-0.3, -0.25) is 4.98 Å². The highest BCUT2D eigenvalue weighted by molar-refractivity contribution is 5.92. The minimum absolute atomic E-state index is 0.256. The van der Waals surface area contributed by atoms with Crippen molar-refractivity contribution in [2.75, 3.05) is 5.32 Å². The average Bonchev–Trinajstić information content (AvgIpc) is 2.38. The summed E-state index contributed by atoms with van der Waals surface area (Å²) in [4.78, 5) is 4.25. The molecule has 0 fully saturated rings. The molecule has 2 nitrogen and oxygen atoms in total. The lowest BCUT2D eigenvalue weighted by Gasteiger charge is -2.11. The molecule has 100 valence electrons. The maximum absolute atomic E-state index is 13.4. The summed E-state index contributed by atoms with van der Waals surface area (Å²) >= 11 is 0. The van der Waals surface area contributed by atoms with E-state index in [1.165, 1.54) is 23.3 Å². The quantitative estimate of drug-likeness (QED) is 0.725. The van der Waals surface area contributed by atoms with Gasteiger partial charge in [-0.1, -0.05) is 6.07 Å². The number of pyridine rings is 1. The van der Waals surface area contributed by atoms with E-state index in [0.29, 0.717) is 0 Å². The number of aromatic nitrogens is 1. The first-order valence-corrected chi connectivity index (χ1v) is 6.51. The van der Waals surface area contributed by atoms with Crippen LogP contribution in [0.3, 0.4) is 0 Å². The lowest BCUT2D eigenvalue weighted by Crippen LogP contribution is -1.94. The maximum Gasteiger partial charge on any atom is 0.124 e. The summed E-state index contributed by atoms with van der Waals surface area (Å²) in [5.74, 6) is -0.256. The predicted octanol–water partition coefficient (Wildman–Crippen LogP) is 4.73. The number of fused-ring (bicyclic) bond motifs is 1. The van der Waals surface area contributed by atoms with Crippen LogP contribution >= 0.6 is 0 Å². The van der Waals surface area contributed by atoms with E-state index in [4.69, 9.17) is 0 Å². The van der Waals surface area contributed by atoms with Gasteiger partial charge in [0.25, 0.3) is 0 Å². The van der Waals surface area contributed by atoms with Crippen LogP contribution in [0, 0.1) is 19.7 Å². The van der Waals surface area contributed by atoms with Gasteiger partial charge in [0, 0.05) is 23.0 Å². The number of benzene rings is 2. The van der Waals surface area contributed by atoms with Crippen molar-refractivity contribution in [3.8, 4) is 0 Å². The first kappa shape index (κ1) is 12.6. The summed E-state index contributed by atoms with van der Waals surface area (Å²) in [6.45, 7) is 4.12. The Morgan fingerprint density at radius 2 is 1.70 bits per heavy atom. The van der Waals surface area contributed by atoms with Crippen molar-refractivity contribution < 1.29 is 4.39 Å². The summed E-state index contributed by atoms with van der Waals surface area (Å²) < 4.78 is 13.4. The van der Waals surface area contributed by atoms with Crippen molar-refractivity contribution in [2.45, 2.75) is 13.8 Å². The van der Waals surface area contributed by atoms with E-state index in [1.807, 2.05) is 6.07 Å². The van der Waals surface area contributed by atoms with Crippen LogP contribution in [0.15, 0.2) is 48.7 Å². The van der Waals surface area contributed by atoms with Gasteiger partial charge in [-0.25, -0.2) is 4.39 Å². The van der Waals surface area contributed by atoms with E-state index in [1.54, 1.807) is 12.3 Å². The average molecular weight is 266 g/mol. The summed E-state index contributed by atoms with van der Waals surface area (Å²) in [5.41, 5.74) is 5.02. The summed E-state index contributed by atoms with van der Waals surface area (Å²) in [7, 11) is 0. The molecule has 1 aromatic heterocycles. The number of nitrogens with one attached hydrogen (secondary N) is 1. The molecule has 2 aromatic carbocycles. The molecule has 0 spiro atoms. The summed E-state index contributed by atoms with van der Waals surface area (Å²) in [6.07, 6.45) is 1.73. The maximum atomic E-state index is 13.4. The molecule has 3 heteroatoms. The van der Waals surface area contributed by atoms with Crippen LogP contribution in [0.2, 0.25) is 0 Å². The van der Waals surface area contributed by atoms with Crippen LogP contribution < -0.4 is 5.32 Å². The second kappa shape index (κ2) is 4.93. The molecule has 0 saturated carbocycles. The minimum atomic E-state index is -0.256. The zero-order valence-electron chi connectivity index (χ0n) is 11.4. The molecule has 0 atom stereocenters. The fourth-order valence-electron chi connectivity index (χ4n) is 2.43. The number of halogens is 1. The molecule has 3 rings (SSSR count). The van der Waals surface area contributed by atoms with Gasteiger partial charge in [0.1, 0.15) is 5.82 Å². The van der Waals surface area contributed by atoms with Gasteiger partial charge < -0.3 is 5.32 Å². The molecule has 0 amide bonds. The van der Waals surface area contributed by atoms with E-state index in [2.05, 4.69) is 42.3 Å². The standard InChI is InChI=1S/C17H15FN2/c1-11-7-12(2)9-14(8-11)20-17-5-6-19-16-4-3-13(18)10-15(16)17/h3-10H,1-2H3,(H,19,20). The summed E-state index contributed by atoms with van der Waals surface area (Å²) in [5, 5.41) is 4.13. The highest BCUT2D eigenvalue weighted by Crippen LogP contribution is 2.26. The van der Waals surface area contributed by atoms with E-state index in [9.17, 15) is 4.39 Å². The lowest BCUT2D eigenvalue weighted by atomic mass is 10.1. The molecular weight excluding hydrogens is 251 g/mol. The zero-order valence-corrected chi connectivity index (χ0v) is 11.4. The van der Waals surface area contributed by atoms with Crippen molar-refractivity contribution in [3.63, 3.8) is 0 Å². The molecule has 20 heavy (non-hydrogen) atoms. The van der Waals surface area contributed by atoms with Gasteiger partial charge in [0.15, 0.2) is 0 Å². The second-order valence-electron chi connectivity index (χ2n) is 5.02. The third kappa shape index (κ3) is 2.48. The van der Waals surface area contributed by atoms with Gasteiger partial charge in [-0.05, 0) is 61.4 Å². The van der Waals surface area contributed by atoms with Crippen LogP contribution in [-0.2, 0) is 0 Å². The molecule has 1 N–H and O–H groups in total. The SMILES string of the molecule is Cc1cc(C)cc(Nc2ccnc3ccc(F)cc23)c1. The molecule has 1 heterocycles. The van der Waals surface area contributed by atoms with Crippen LogP contribution in [0.5, 0.6) is 0 Å². The highest BCUT2D eigenvalue weighted by Gasteiger charge is 2.04. The Morgan fingerprint density at radius 1 is 0.950 bits per heavy atom. The Morgan fingerprint density at radius 3 is 2.45 bits per heavy atom. The molecule has 0 radical (unpaired) electrons. The van der Waals surface area contributed by atoms with Gasteiger partial charge in [-0.2, -0.15) is 0 Å². The van der Waals surface area contributed by atoms with Gasteiger partial charge in [0.05, 0.1) is 5.52 Å². The summed E-state index contributed by atoms with van der Waals surface area (Å²) in [6, 6.07) is 12.7. The number of rotatable bonds is 2. The fraction of sp³-hybridized carbons (Fsp3) is 0.118. The van der Waals surface area contributed by atoms with Crippen LogP contribution in [0.1, 0.15) is 11.1 Å². The largest absolute Gasteiger partial charge is 0.355 e. The molecule has 0 aliphatic rings. The van der Waals surface area contributed by atoms with Crippen molar-refractivity contribution in [1.29, 1.82) is 0 Å². The first-order chi connectivity index (χ1) is 9.61. The molecule has 0 aliphatic carbocycles. The Hall–Kier alpha value is -2.42. The third-order valence-electron chi connectivity index (χ3n) is 3.20. The smallest absolute Gasteiger partial charge is 0.124 e. The normalized spacial score (nSPS) is 10.8. The van der Waals surface area contributed by atoms with Crippen molar-refractivity contribution in [3.05, 3.63) is 65.6 Å².